The number of nitrogens with two attached hydrogens (primary N) is 1. The zero-order chi connectivity index (χ0) is 14.0. The van der Waals surface area contributed by atoms with Gasteiger partial charge in [-0.2, -0.15) is 0 Å². The molecule has 1 aliphatic rings. The Kier molecular flexibility index (Phi) is 4.64. The molecule has 19 heavy (non-hydrogen) atoms. The summed E-state index contributed by atoms with van der Waals surface area (Å²) in [6.45, 7) is 2.66. The Morgan fingerprint density at radius 1 is 1.58 bits per heavy atom. The Morgan fingerprint density at radius 2 is 2.32 bits per heavy atom. The number of aliphatic hydroxyl groups excluding tert-OH is 1. The van der Waals surface area contributed by atoms with Crippen LogP contribution in [0.4, 0.5) is 4.39 Å². The van der Waals surface area contributed by atoms with Crippen LogP contribution in [-0.2, 0) is 0 Å². The summed E-state index contributed by atoms with van der Waals surface area (Å²) in [5, 5.41) is 10.8. The van der Waals surface area contributed by atoms with Crippen LogP contribution >= 0.6 is 15.9 Å². The summed E-state index contributed by atoms with van der Waals surface area (Å²) in [6.07, 6.45) is 3.50. The first kappa shape index (κ1) is 14.9. The molecule has 106 valence electrons. The quantitative estimate of drug-likeness (QED) is 0.886. The minimum Gasteiger partial charge on any atom is -0.388 e. The second kappa shape index (κ2) is 5.90. The molecule has 0 amide bonds. The molecule has 3 unspecified atom stereocenters. The van der Waals surface area contributed by atoms with Gasteiger partial charge in [0.05, 0.1) is 6.10 Å². The van der Waals surface area contributed by atoms with Crippen molar-refractivity contribution in [2.45, 2.75) is 38.7 Å². The van der Waals surface area contributed by atoms with Crippen LogP contribution in [0.5, 0.6) is 0 Å². The fourth-order valence-corrected chi connectivity index (χ4v) is 3.87. The van der Waals surface area contributed by atoms with Crippen molar-refractivity contribution in [2.75, 3.05) is 6.54 Å². The van der Waals surface area contributed by atoms with Crippen molar-refractivity contribution in [3.63, 3.8) is 0 Å². The minimum atomic E-state index is -0.643. The molecular weight excluding hydrogens is 309 g/mol. The predicted molar refractivity (Wildman–Crippen MR) is 78.2 cm³/mol. The Morgan fingerprint density at radius 3 is 2.89 bits per heavy atom. The predicted octanol–water partition coefficient (Wildman–Crippen LogP) is 3.78. The van der Waals surface area contributed by atoms with Crippen LogP contribution in [0.3, 0.4) is 0 Å². The standard InChI is InChI=1S/C15H21BrFNO/c1-10-3-2-6-15(8-10,9-18)14(19)12-5-4-11(17)7-13(12)16/h4-5,7,10,14,19H,2-3,6,8-9,18H2,1H3. The molecule has 3 atom stereocenters. The molecule has 0 radical (unpaired) electrons. The molecule has 0 heterocycles. The van der Waals surface area contributed by atoms with E-state index in [1.807, 2.05) is 0 Å². The van der Waals surface area contributed by atoms with Gasteiger partial charge < -0.3 is 10.8 Å². The first-order valence-electron chi connectivity index (χ1n) is 6.81. The second-order valence-electron chi connectivity index (χ2n) is 5.84. The molecule has 1 aromatic carbocycles. The monoisotopic (exact) mass is 329 g/mol. The van der Waals surface area contributed by atoms with Crippen molar-refractivity contribution in [2.24, 2.45) is 17.1 Å². The number of hydrogen-bond donors (Lipinski definition) is 2. The lowest BCUT2D eigenvalue weighted by molar-refractivity contribution is -0.0135. The van der Waals surface area contributed by atoms with Crippen LogP contribution in [0, 0.1) is 17.2 Å². The molecule has 0 aliphatic heterocycles. The van der Waals surface area contributed by atoms with Crippen molar-refractivity contribution in [1.29, 1.82) is 0 Å². The maximum Gasteiger partial charge on any atom is 0.124 e. The molecule has 4 heteroatoms. The molecule has 1 saturated carbocycles. The van der Waals surface area contributed by atoms with Crippen LogP contribution in [0.15, 0.2) is 22.7 Å². The molecule has 1 aromatic rings. The molecule has 1 fully saturated rings. The van der Waals surface area contributed by atoms with Crippen molar-refractivity contribution in [1.82, 2.24) is 0 Å². The van der Waals surface area contributed by atoms with Crippen LogP contribution in [0.1, 0.15) is 44.3 Å². The third-order valence-corrected chi connectivity index (χ3v) is 5.06. The normalized spacial score (nSPS) is 29.2. The average molecular weight is 330 g/mol. The highest BCUT2D eigenvalue weighted by Crippen LogP contribution is 2.48. The van der Waals surface area contributed by atoms with E-state index in [-0.39, 0.29) is 11.2 Å². The summed E-state index contributed by atoms with van der Waals surface area (Å²) in [5.74, 6) is 0.271. The smallest absolute Gasteiger partial charge is 0.124 e. The van der Waals surface area contributed by atoms with E-state index in [0.29, 0.717) is 16.9 Å². The van der Waals surface area contributed by atoms with Gasteiger partial charge in [-0.3, -0.25) is 0 Å². The highest BCUT2D eigenvalue weighted by molar-refractivity contribution is 9.10. The SMILES string of the molecule is CC1CCCC(CN)(C(O)c2ccc(F)cc2Br)C1. The summed E-state index contributed by atoms with van der Waals surface area (Å²) >= 11 is 3.34. The summed E-state index contributed by atoms with van der Waals surface area (Å²) in [4.78, 5) is 0. The van der Waals surface area contributed by atoms with Gasteiger partial charge in [0.1, 0.15) is 5.82 Å². The highest BCUT2D eigenvalue weighted by Gasteiger charge is 2.41. The Hall–Kier alpha value is -0.450. The lowest BCUT2D eigenvalue weighted by Gasteiger charge is -2.43. The van der Waals surface area contributed by atoms with Gasteiger partial charge in [-0.15, -0.1) is 0 Å². The maximum atomic E-state index is 13.2. The Labute approximate surface area is 122 Å². The van der Waals surface area contributed by atoms with E-state index in [1.165, 1.54) is 18.6 Å². The van der Waals surface area contributed by atoms with E-state index in [9.17, 15) is 9.50 Å². The third kappa shape index (κ3) is 3.01. The molecule has 3 N–H and O–H groups in total. The van der Waals surface area contributed by atoms with E-state index in [0.717, 1.165) is 24.8 Å². The average Bonchev–Trinajstić information content (AvgIpc) is 2.38. The fraction of sp³-hybridized carbons (Fsp3) is 0.600. The summed E-state index contributed by atoms with van der Waals surface area (Å²) in [5.41, 5.74) is 6.43. The van der Waals surface area contributed by atoms with Gasteiger partial charge in [0, 0.05) is 16.4 Å². The van der Waals surface area contributed by atoms with E-state index >= 15 is 0 Å². The molecule has 0 saturated heterocycles. The number of aliphatic hydroxyl groups is 1. The van der Waals surface area contributed by atoms with Gasteiger partial charge in [-0.25, -0.2) is 4.39 Å². The first-order valence-corrected chi connectivity index (χ1v) is 7.61. The van der Waals surface area contributed by atoms with Gasteiger partial charge in [0.15, 0.2) is 0 Å². The van der Waals surface area contributed by atoms with Gasteiger partial charge >= 0.3 is 0 Å². The number of benzene rings is 1. The van der Waals surface area contributed by atoms with Gasteiger partial charge in [0.25, 0.3) is 0 Å². The minimum absolute atomic E-state index is 0.280. The first-order chi connectivity index (χ1) is 8.98. The molecule has 0 bridgehead atoms. The fourth-order valence-electron chi connectivity index (χ4n) is 3.30. The summed E-state index contributed by atoms with van der Waals surface area (Å²) in [6, 6.07) is 4.44. The van der Waals surface area contributed by atoms with E-state index in [4.69, 9.17) is 5.73 Å². The molecule has 2 nitrogen and oxygen atoms in total. The van der Waals surface area contributed by atoms with E-state index in [1.54, 1.807) is 6.07 Å². The molecular formula is C15H21BrFNO. The Bertz CT molecular complexity index is 454. The molecule has 1 aliphatic carbocycles. The largest absolute Gasteiger partial charge is 0.388 e. The molecule has 2 rings (SSSR count). The van der Waals surface area contributed by atoms with Crippen molar-refractivity contribution in [3.05, 3.63) is 34.1 Å². The molecule has 0 aromatic heterocycles. The van der Waals surface area contributed by atoms with Crippen LogP contribution < -0.4 is 5.73 Å². The van der Waals surface area contributed by atoms with Crippen molar-refractivity contribution >= 4 is 15.9 Å². The van der Waals surface area contributed by atoms with Gasteiger partial charge in [0.2, 0.25) is 0 Å². The topological polar surface area (TPSA) is 46.2 Å². The van der Waals surface area contributed by atoms with E-state index < -0.39 is 6.10 Å². The summed E-state index contributed by atoms with van der Waals surface area (Å²) < 4.78 is 13.8. The van der Waals surface area contributed by atoms with Crippen molar-refractivity contribution in [3.8, 4) is 0 Å². The highest BCUT2D eigenvalue weighted by atomic mass is 79.9. The number of hydrogen-bond acceptors (Lipinski definition) is 2. The van der Waals surface area contributed by atoms with Crippen molar-refractivity contribution < 1.29 is 9.50 Å². The lowest BCUT2D eigenvalue weighted by Crippen LogP contribution is -2.40. The van der Waals surface area contributed by atoms with E-state index in [2.05, 4.69) is 22.9 Å². The number of halogens is 2. The van der Waals surface area contributed by atoms with Gasteiger partial charge in [-0.1, -0.05) is 41.8 Å². The molecule has 0 spiro atoms. The second-order valence-corrected chi connectivity index (χ2v) is 6.69. The van der Waals surface area contributed by atoms with Crippen LogP contribution in [-0.4, -0.2) is 11.7 Å². The zero-order valence-electron chi connectivity index (χ0n) is 11.2. The lowest BCUT2D eigenvalue weighted by atomic mass is 9.65. The van der Waals surface area contributed by atoms with Crippen LogP contribution in [0.2, 0.25) is 0 Å². The Balaban J connectivity index is 2.32. The van der Waals surface area contributed by atoms with Crippen LogP contribution in [0.25, 0.3) is 0 Å². The third-order valence-electron chi connectivity index (χ3n) is 4.37. The summed E-state index contributed by atoms with van der Waals surface area (Å²) in [7, 11) is 0. The van der Waals surface area contributed by atoms with Gasteiger partial charge in [-0.05, 0) is 36.5 Å². The zero-order valence-corrected chi connectivity index (χ0v) is 12.8. The number of rotatable bonds is 3. The maximum absolute atomic E-state index is 13.2.